The first-order valence-electron chi connectivity index (χ1n) is 5.34. The Labute approximate surface area is 90.8 Å². The van der Waals surface area contributed by atoms with Gasteiger partial charge in [-0.15, -0.1) is 11.6 Å². The Bertz CT molecular complexity index is 191. The highest BCUT2D eigenvalue weighted by molar-refractivity contribution is 8.01. The molecule has 2 aliphatic carbocycles. The highest BCUT2D eigenvalue weighted by Gasteiger charge is 2.41. The molecule has 0 N–H and O–H groups in total. The van der Waals surface area contributed by atoms with Gasteiger partial charge in [-0.05, 0) is 44.9 Å². The molecular formula is C11H19ClS. The van der Waals surface area contributed by atoms with E-state index in [0.717, 1.165) is 23.0 Å². The van der Waals surface area contributed by atoms with Crippen LogP contribution in [0.5, 0.6) is 0 Å². The number of rotatable bonds is 3. The number of halogens is 1. The van der Waals surface area contributed by atoms with Crippen LogP contribution in [0.1, 0.15) is 39.5 Å². The third kappa shape index (κ3) is 2.18. The SMILES string of the molecule is CC(C)(CCl)SC1CC2CCC1C2. The number of hydrogen-bond acceptors (Lipinski definition) is 1. The van der Waals surface area contributed by atoms with Crippen molar-refractivity contribution in [2.24, 2.45) is 11.8 Å². The molecule has 0 nitrogen and oxygen atoms in total. The Morgan fingerprint density at radius 1 is 1.31 bits per heavy atom. The molecule has 3 atom stereocenters. The van der Waals surface area contributed by atoms with Crippen LogP contribution in [0.3, 0.4) is 0 Å². The van der Waals surface area contributed by atoms with Crippen molar-refractivity contribution in [2.75, 3.05) is 5.88 Å². The second kappa shape index (κ2) is 3.66. The number of alkyl halides is 1. The Balaban J connectivity index is 1.89. The van der Waals surface area contributed by atoms with Gasteiger partial charge < -0.3 is 0 Å². The molecule has 2 aliphatic rings. The van der Waals surface area contributed by atoms with E-state index in [0.29, 0.717) is 0 Å². The fourth-order valence-corrected chi connectivity index (χ4v) is 4.65. The third-order valence-electron chi connectivity index (χ3n) is 3.47. The molecule has 0 aromatic carbocycles. The van der Waals surface area contributed by atoms with E-state index < -0.39 is 0 Å². The Hall–Kier alpha value is 0.640. The summed E-state index contributed by atoms with van der Waals surface area (Å²) in [6, 6.07) is 0. The minimum atomic E-state index is 0.288. The van der Waals surface area contributed by atoms with Gasteiger partial charge in [0.2, 0.25) is 0 Å². The Morgan fingerprint density at radius 3 is 2.54 bits per heavy atom. The molecule has 0 amide bonds. The summed E-state index contributed by atoms with van der Waals surface area (Å²) in [5.41, 5.74) is 0. The molecule has 0 radical (unpaired) electrons. The van der Waals surface area contributed by atoms with Crippen LogP contribution in [0, 0.1) is 11.8 Å². The minimum Gasteiger partial charge on any atom is -0.151 e. The maximum absolute atomic E-state index is 5.95. The topological polar surface area (TPSA) is 0 Å². The van der Waals surface area contributed by atoms with Crippen LogP contribution < -0.4 is 0 Å². The molecule has 0 aliphatic heterocycles. The third-order valence-corrected chi connectivity index (χ3v) is 5.95. The maximum atomic E-state index is 5.95. The molecule has 0 saturated heterocycles. The van der Waals surface area contributed by atoms with Crippen LogP contribution in [-0.2, 0) is 0 Å². The monoisotopic (exact) mass is 218 g/mol. The summed E-state index contributed by atoms with van der Waals surface area (Å²) in [4.78, 5) is 0. The zero-order valence-corrected chi connectivity index (χ0v) is 10.1. The highest BCUT2D eigenvalue weighted by Crippen LogP contribution is 2.52. The van der Waals surface area contributed by atoms with E-state index in [4.69, 9.17) is 11.6 Å². The Morgan fingerprint density at radius 2 is 2.08 bits per heavy atom. The normalized spacial score (nSPS) is 38.5. The van der Waals surface area contributed by atoms with Crippen molar-refractivity contribution in [1.82, 2.24) is 0 Å². The summed E-state index contributed by atoms with van der Waals surface area (Å²) in [6.07, 6.45) is 5.97. The van der Waals surface area contributed by atoms with Crippen molar-refractivity contribution in [2.45, 2.75) is 49.5 Å². The van der Waals surface area contributed by atoms with Gasteiger partial charge in [0, 0.05) is 15.9 Å². The lowest BCUT2D eigenvalue weighted by Crippen LogP contribution is -2.24. The van der Waals surface area contributed by atoms with E-state index in [1.54, 1.807) is 0 Å². The highest BCUT2D eigenvalue weighted by atomic mass is 35.5. The summed E-state index contributed by atoms with van der Waals surface area (Å²) in [5, 5.41) is 0.924. The molecule has 13 heavy (non-hydrogen) atoms. The van der Waals surface area contributed by atoms with E-state index in [1.807, 2.05) is 0 Å². The van der Waals surface area contributed by atoms with Gasteiger partial charge in [0.15, 0.2) is 0 Å². The van der Waals surface area contributed by atoms with Crippen LogP contribution in [0.4, 0.5) is 0 Å². The zero-order chi connectivity index (χ0) is 9.47. The predicted octanol–water partition coefficient (Wildman–Crippen LogP) is 3.93. The fourth-order valence-electron chi connectivity index (χ4n) is 2.77. The first kappa shape index (κ1) is 10.2. The second-order valence-corrected chi connectivity index (χ2v) is 7.44. The number of thioether (sulfide) groups is 1. The molecule has 2 saturated carbocycles. The lowest BCUT2D eigenvalue weighted by Gasteiger charge is -2.30. The van der Waals surface area contributed by atoms with Gasteiger partial charge in [-0.25, -0.2) is 0 Å². The summed E-state index contributed by atoms with van der Waals surface area (Å²) >= 11 is 8.09. The predicted molar refractivity (Wildman–Crippen MR) is 61.6 cm³/mol. The van der Waals surface area contributed by atoms with E-state index >= 15 is 0 Å². The molecule has 2 bridgehead atoms. The summed E-state index contributed by atoms with van der Waals surface area (Å²) in [7, 11) is 0. The van der Waals surface area contributed by atoms with Crippen LogP contribution in [0.25, 0.3) is 0 Å². The summed E-state index contributed by atoms with van der Waals surface area (Å²) in [5.74, 6) is 2.87. The number of hydrogen-bond donors (Lipinski definition) is 0. The van der Waals surface area contributed by atoms with Crippen LogP contribution in [0.2, 0.25) is 0 Å². The molecule has 0 aromatic heterocycles. The molecule has 0 spiro atoms. The maximum Gasteiger partial charge on any atom is 0.0365 e. The molecule has 0 aromatic rings. The molecule has 3 unspecified atom stereocenters. The smallest absolute Gasteiger partial charge is 0.0365 e. The average Bonchev–Trinajstić information content (AvgIpc) is 2.64. The van der Waals surface area contributed by atoms with Gasteiger partial charge in [-0.3, -0.25) is 0 Å². The van der Waals surface area contributed by atoms with Gasteiger partial charge in [-0.2, -0.15) is 11.8 Å². The first-order chi connectivity index (χ1) is 6.11. The second-order valence-electron chi connectivity index (χ2n) is 5.22. The molecule has 2 rings (SSSR count). The molecule has 2 fully saturated rings. The lowest BCUT2D eigenvalue weighted by molar-refractivity contribution is 0.489. The standard InChI is InChI=1S/C11H19ClS/c1-11(2,7-12)13-10-6-8-3-4-9(10)5-8/h8-10H,3-7H2,1-2H3. The van der Waals surface area contributed by atoms with E-state index in [2.05, 4.69) is 25.6 Å². The van der Waals surface area contributed by atoms with Crippen LogP contribution in [0.15, 0.2) is 0 Å². The van der Waals surface area contributed by atoms with Gasteiger partial charge in [0.25, 0.3) is 0 Å². The van der Waals surface area contributed by atoms with Crippen molar-refractivity contribution in [3.05, 3.63) is 0 Å². The molecule has 76 valence electrons. The average molecular weight is 219 g/mol. The van der Waals surface area contributed by atoms with Crippen molar-refractivity contribution in [1.29, 1.82) is 0 Å². The number of fused-ring (bicyclic) bond motifs is 2. The van der Waals surface area contributed by atoms with Gasteiger partial charge in [-0.1, -0.05) is 6.42 Å². The van der Waals surface area contributed by atoms with Crippen LogP contribution >= 0.6 is 23.4 Å². The zero-order valence-electron chi connectivity index (χ0n) is 8.55. The van der Waals surface area contributed by atoms with Crippen molar-refractivity contribution >= 4 is 23.4 Å². The summed E-state index contributed by atoms with van der Waals surface area (Å²) in [6.45, 7) is 4.55. The van der Waals surface area contributed by atoms with Crippen molar-refractivity contribution in [3.63, 3.8) is 0 Å². The fraction of sp³-hybridized carbons (Fsp3) is 1.00. The lowest BCUT2D eigenvalue weighted by atomic mass is 10.0. The van der Waals surface area contributed by atoms with Crippen LogP contribution in [-0.4, -0.2) is 15.9 Å². The van der Waals surface area contributed by atoms with E-state index in [9.17, 15) is 0 Å². The van der Waals surface area contributed by atoms with Gasteiger partial charge in [0.1, 0.15) is 0 Å². The minimum absolute atomic E-state index is 0.288. The van der Waals surface area contributed by atoms with Crippen molar-refractivity contribution in [3.8, 4) is 0 Å². The quantitative estimate of drug-likeness (QED) is 0.647. The summed E-state index contributed by atoms with van der Waals surface area (Å²) < 4.78 is 0.288. The van der Waals surface area contributed by atoms with E-state index in [1.165, 1.54) is 25.7 Å². The first-order valence-corrected chi connectivity index (χ1v) is 6.76. The molecule has 2 heteroatoms. The van der Waals surface area contributed by atoms with Crippen molar-refractivity contribution < 1.29 is 0 Å². The van der Waals surface area contributed by atoms with Gasteiger partial charge in [0.05, 0.1) is 0 Å². The Kier molecular flexibility index (Phi) is 2.86. The largest absolute Gasteiger partial charge is 0.151 e. The van der Waals surface area contributed by atoms with E-state index in [-0.39, 0.29) is 4.75 Å². The molecular weight excluding hydrogens is 200 g/mol. The molecule has 0 heterocycles. The van der Waals surface area contributed by atoms with Gasteiger partial charge >= 0.3 is 0 Å².